The van der Waals surface area contributed by atoms with E-state index in [0.717, 1.165) is 18.4 Å². The highest BCUT2D eigenvalue weighted by Crippen LogP contribution is 2.31. The predicted molar refractivity (Wildman–Crippen MR) is 106 cm³/mol. The lowest BCUT2D eigenvalue weighted by Gasteiger charge is -2.27. The molecule has 0 saturated heterocycles. The summed E-state index contributed by atoms with van der Waals surface area (Å²) in [5.74, 6) is -2.82. The highest BCUT2D eigenvalue weighted by Gasteiger charge is 2.36. The van der Waals surface area contributed by atoms with Crippen LogP contribution < -0.4 is 10.6 Å². The Morgan fingerprint density at radius 1 is 0.893 bits per heavy atom. The fourth-order valence-corrected chi connectivity index (χ4v) is 3.63. The monoisotopic (exact) mass is 380 g/mol. The highest BCUT2D eigenvalue weighted by atomic mass is 16.4. The van der Waals surface area contributed by atoms with Crippen molar-refractivity contribution in [2.75, 3.05) is 5.32 Å². The van der Waals surface area contributed by atoms with Gasteiger partial charge in [-0.25, -0.2) is 0 Å². The molecule has 0 aliphatic heterocycles. The number of aliphatic carboxylic acids is 1. The van der Waals surface area contributed by atoms with Gasteiger partial charge in [-0.2, -0.15) is 0 Å². The molecule has 146 valence electrons. The normalized spacial score (nSPS) is 18.9. The molecule has 6 nitrogen and oxygen atoms in total. The summed E-state index contributed by atoms with van der Waals surface area (Å²) >= 11 is 0. The average molecular weight is 380 g/mol. The summed E-state index contributed by atoms with van der Waals surface area (Å²) in [6, 6.07) is 16.3. The first-order valence-corrected chi connectivity index (χ1v) is 9.51. The van der Waals surface area contributed by atoms with Crippen LogP contribution in [0.5, 0.6) is 0 Å². The van der Waals surface area contributed by atoms with Crippen LogP contribution in [0, 0.1) is 11.8 Å². The second kappa shape index (κ2) is 9.17. The summed E-state index contributed by atoms with van der Waals surface area (Å²) in [4.78, 5) is 36.8. The van der Waals surface area contributed by atoms with E-state index >= 15 is 0 Å². The van der Waals surface area contributed by atoms with E-state index in [9.17, 15) is 19.5 Å². The number of rotatable bonds is 6. The van der Waals surface area contributed by atoms with Crippen LogP contribution in [0.3, 0.4) is 0 Å². The maximum atomic E-state index is 12.7. The largest absolute Gasteiger partial charge is 0.481 e. The summed E-state index contributed by atoms with van der Waals surface area (Å²) in [5.41, 5.74) is 1.73. The molecule has 0 aromatic heterocycles. The molecule has 1 saturated carbocycles. The molecule has 0 heterocycles. The average Bonchev–Trinajstić information content (AvgIpc) is 2.73. The molecule has 1 fully saturated rings. The molecule has 28 heavy (non-hydrogen) atoms. The molecule has 3 N–H and O–H groups in total. The Morgan fingerprint density at radius 3 is 2.25 bits per heavy atom. The van der Waals surface area contributed by atoms with E-state index in [-0.39, 0.29) is 11.8 Å². The number of carbonyl (C=O) groups excluding carboxylic acids is 2. The lowest BCUT2D eigenvalue weighted by molar-refractivity contribution is -0.147. The third-order valence-corrected chi connectivity index (χ3v) is 5.15. The Labute approximate surface area is 164 Å². The maximum Gasteiger partial charge on any atom is 0.307 e. The first-order valence-electron chi connectivity index (χ1n) is 9.51. The van der Waals surface area contributed by atoms with Crippen molar-refractivity contribution >= 4 is 23.5 Å². The van der Waals surface area contributed by atoms with Crippen LogP contribution in [-0.2, 0) is 16.1 Å². The van der Waals surface area contributed by atoms with E-state index in [1.807, 2.05) is 30.3 Å². The van der Waals surface area contributed by atoms with Crippen LogP contribution >= 0.6 is 0 Å². The molecular weight excluding hydrogens is 356 g/mol. The van der Waals surface area contributed by atoms with Crippen LogP contribution in [0.2, 0.25) is 0 Å². The van der Waals surface area contributed by atoms with Crippen molar-refractivity contribution in [3.63, 3.8) is 0 Å². The number of hydrogen-bond donors (Lipinski definition) is 3. The lowest BCUT2D eigenvalue weighted by Crippen LogP contribution is -2.36. The van der Waals surface area contributed by atoms with Crippen LogP contribution in [0.15, 0.2) is 54.6 Å². The van der Waals surface area contributed by atoms with Gasteiger partial charge < -0.3 is 15.7 Å². The Kier molecular flexibility index (Phi) is 6.42. The summed E-state index contributed by atoms with van der Waals surface area (Å²) in [5, 5.41) is 15.0. The van der Waals surface area contributed by atoms with Gasteiger partial charge in [0.2, 0.25) is 5.91 Å². The molecule has 1 aliphatic rings. The number of carbonyl (C=O) groups is 3. The summed E-state index contributed by atoms with van der Waals surface area (Å²) in [6.07, 6.45) is 2.71. The number of carboxylic acids is 1. The van der Waals surface area contributed by atoms with E-state index in [0.29, 0.717) is 30.6 Å². The van der Waals surface area contributed by atoms with Crippen molar-refractivity contribution in [1.82, 2.24) is 5.32 Å². The molecule has 2 aromatic carbocycles. The molecular formula is C22H24N2O4. The minimum Gasteiger partial charge on any atom is -0.481 e. The smallest absolute Gasteiger partial charge is 0.307 e. The van der Waals surface area contributed by atoms with Crippen molar-refractivity contribution < 1.29 is 19.5 Å². The molecule has 0 radical (unpaired) electrons. The molecule has 6 heteroatoms. The second-order valence-corrected chi connectivity index (χ2v) is 7.04. The van der Waals surface area contributed by atoms with Crippen LogP contribution in [0.4, 0.5) is 5.69 Å². The van der Waals surface area contributed by atoms with Crippen molar-refractivity contribution in [1.29, 1.82) is 0 Å². The second-order valence-electron chi connectivity index (χ2n) is 7.04. The zero-order valence-corrected chi connectivity index (χ0v) is 15.6. The molecule has 2 amide bonds. The van der Waals surface area contributed by atoms with Gasteiger partial charge in [-0.15, -0.1) is 0 Å². The topological polar surface area (TPSA) is 95.5 Å². The standard InChI is InChI=1S/C22H24N2O4/c25-20(23-14-15-8-2-1-3-9-15)18-12-6-7-13-19(18)24-21(26)16-10-4-5-11-17(16)22(27)28/h1-3,6-9,12-13,16-17H,4-5,10-11,14H2,(H,23,25)(H,24,26)(H,27,28)/t16-,17+/m0/s1. The third-order valence-electron chi connectivity index (χ3n) is 5.15. The number of hydrogen-bond acceptors (Lipinski definition) is 3. The highest BCUT2D eigenvalue weighted by molar-refractivity contribution is 6.04. The van der Waals surface area contributed by atoms with Gasteiger partial charge in [-0.05, 0) is 30.5 Å². The fourth-order valence-electron chi connectivity index (χ4n) is 3.63. The van der Waals surface area contributed by atoms with Gasteiger partial charge in [-0.3, -0.25) is 14.4 Å². The van der Waals surface area contributed by atoms with E-state index in [4.69, 9.17) is 0 Å². The molecule has 1 aliphatic carbocycles. The number of nitrogens with one attached hydrogen (secondary N) is 2. The SMILES string of the molecule is O=C(NCc1ccccc1)c1ccccc1NC(=O)[C@H]1CCCC[C@H]1C(=O)O. The van der Waals surface area contributed by atoms with Gasteiger partial charge in [0.05, 0.1) is 23.1 Å². The molecule has 0 spiro atoms. The van der Waals surface area contributed by atoms with Crippen LogP contribution in [0.25, 0.3) is 0 Å². The van der Waals surface area contributed by atoms with E-state index in [1.165, 1.54) is 0 Å². The lowest BCUT2D eigenvalue weighted by atomic mass is 9.78. The summed E-state index contributed by atoms with van der Waals surface area (Å²) in [7, 11) is 0. The zero-order valence-electron chi connectivity index (χ0n) is 15.6. The molecule has 2 atom stereocenters. The first kappa shape index (κ1) is 19.6. The van der Waals surface area contributed by atoms with Crippen LogP contribution in [0.1, 0.15) is 41.6 Å². The minimum atomic E-state index is -0.936. The van der Waals surface area contributed by atoms with Gasteiger partial charge in [0.25, 0.3) is 5.91 Å². The van der Waals surface area contributed by atoms with E-state index in [1.54, 1.807) is 24.3 Å². The quantitative estimate of drug-likeness (QED) is 0.715. The number of anilines is 1. The van der Waals surface area contributed by atoms with Gasteiger partial charge in [0.1, 0.15) is 0 Å². The van der Waals surface area contributed by atoms with Gasteiger partial charge in [0.15, 0.2) is 0 Å². The van der Waals surface area contributed by atoms with Gasteiger partial charge >= 0.3 is 5.97 Å². The number of para-hydroxylation sites is 1. The Hall–Kier alpha value is -3.15. The molecule has 0 bridgehead atoms. The van der Waals surface area contributed by atoms with Crippen molar-refractivity contribution in [3.05, 3.63) is 65.7 Å². The summed E-state index contributed by atoms with van der Waals surface area (Å²) < 4.78 is 0. The van der Waals surface area contributed by atoms with Crippen molar-refractivity contribution in [2.24, 2.45) is 11.8 Å². The first-order chi connectivity index (χ1) is 13.6. The Bertz CT molecular complexity index is 851. The van der Waals surface area contributed by atoms with Crippen molar-refractivity contribution in [3.8, 4) is 0 Å². The van der Waals surface area contributed by atoms with E-state index < -0.39 is 17.8 Å². The van der Waals surface area contributed by atoms with Gasteiger partial charge in [0, 0.05) is 6.54 Å². The fraction of sp³-hybridized carbons (Fsp3) is 0.318. The number of amides is 2. The zero-order chi connectivity index (χ0) is 19.9. The molecule has 3 rings (SSSR count). The Balaban J connectivity index is 1.70. The minimum absolute atomic E-state index is 0.293. The Morgan fingerprint density at radius 2 is 1.54 bits per heavy atom. The molecule has 2 aromatic rings. The van der Waals surface area contributed by atoms with E-state index in [2.05, 4.69) is 10.6 Å². The number of benzene rings is 2. The summed E-state index contributed by atoms with van der Waals surface area (Å²) in [6.45, 7) is 0.381. The van der Waals surface area contributed by atoms with Crippen LogP contribution in [-0.4, -0.2) is 22.9 Å². The third kappa shape index (κ3) is 4.76. The van der Waals surface area contributed by atoms with Gasteiger partial charge in [-0.1, -0.05) is 55.3 Å². The predicted octanol–water partition coefficient (Wildman–Crippen LogP) is 3.45. The van der Waals surface area contributed by atoms with Crippen molar-refractivity contribution in [2.45, 2.75) is 32.2 Å². The molecule has 0 unspecified atom stereocenters. The maximum absolute atomic E-state index is 12.7. The number of carboxylic acid groups (broad SMARTS) is 1.